The number of carbonyl (C=O) groups is 1. The Hall–Kier alpha value is -2.92. The van der Waals surface area contributed by atoms with Crippen LogP contribution in [0.3, 0.4) is 0 Å². The first-order chi connectivity index (χ1) is 12.3. The number of rotatable bonds is 3. The maximum absolute atomic E-state index is 12.5. The van der Waals surface area contributed by atoms with Crippen molar-refractivity contribution in [1.82, 2.24) is 9.88 Å². The fourth-order valence-corrected chi connectivity index (χ4v) is 2.93. The van der Waals surface area contributed by atoms with Gasteiger partial charge in [-0.15, -0.1) is 0 Å². The fourth-order valence-electron chi connectivity index (χ4n) is 2.93. The van der Waals surface area contributed by atoms with E-state index in [0.29, 0.717) is 31.2 Å². The Kier molecular flexibility index (Phi) is 4.31. The summed E-state index contributed by atoms with van der Waals surface area (Å²) >= 11 is 0. The molecule has 1 aliphatic heterocycles. The number of aromatic nitrogens is 1. The van der Waals surface area contributed by atoms with Crippen molar-refractivity contribution in [2.75, 3.05) is 19.7 Å². The minimum atomic E-state index is -0.0865. The van der Waals surface area contributed by atoms with E-state index in [0.717, 1.165) is 11.1 Å². The SMILES string of the molecule is O=C(/C=C/c1nc2ccccc2o1)N1CCOC(c2ccccc2)C1. The molecule has 25 heavy (non-hydrogen) atoms. The minimum absolute atomic E-state index is 0.0634. The molecular formula is C20H18N2O3. The molecule has 1 saturated heterocycles. The van der Waals surface area contributed by atoms with Gasteiger partial charge < -0.3 is 14.1 Å². The summed E-state index contributed by atoms with van der Waals surface area (Å²) in [4.78, 5) is 18.6. The van der Waals surface area contributed by atoms with Gasteiger partial charge in [-0.2, -0.15) is 0 Å². The second kappa shape index (κ2) is 6.91. The molecule has 1 atom stereocenters. The second-order valence-corrected chi connectivity index (χ2v) is 5.91. The van der Waals surface area contributed by atoms with Gasteiger partial charge in [0.05, 0.1) is 13.2 Å². The first-order valence-corrected chi connectivity index (χ1v) is 8.29. The zero-order valence-corrected chi connectivity index (χ0v) is 13.7. The molecule has 126 valence electrons. The average molecular weight is 334 g/mol. The molecule has 4 rings (SSSR count). The zero-order chi connectivity index (χ0) is 17.1. The van der Waals surface area contributed by atoms with E-state index in [1.165, 1.54) is 6.08 Å². The summed E-state index contributed by atoms with van der Waals surface area (Å²) < 4.78 is 11.4. The van der Waals surface area contributed by atoms with Crippen LogP contribution in [0.25, 0.3) is 17.2 Å². The van der Waals surface area contributed by atoms with E-state index in [4.69, 9.17) is 9.15 Å². The molecule has 1 aromatic heterocycles. The van der Waals surface area contributed by atoms with Crippen LogP contribution in [0.1, 0.15) is 17.6 Å². The number of para-hydroxylation sites is 2. The van der Waals surface area contributed by atoms with Gasteiger partial charge >= 0.3 is 0 Å². The third kappa shape index (κ3) is 3.46. The molecule has 2 aromatic carbocycles. The number of morpholine rings is 1. The molecule has 1 fully saturated rings. The van der Waals surface area contributed by atoms with Gasteiger partial charge in [0.15, 0.2) is 5.58 Å². The standard InChI is InChI=1S/C20H18N2O3/c23-20(11-10-19-21-16-8-4-5-9-17(16)25-19)22-12-13-24-18(14-22)15-6-2-1-3-7-15/h1-11,18H,12-14H2/b11-10+. The van der Waals surface area contributed by atoms with Crippen LogP contribution in [0.2, 0.25) is 0 Å². The summed E-state index contributed by atoms with van der Waals surface area (Å²) in [7, 11) is 0. The van der Waals surface area contributed by atoms with Crippen molar-refractivity contribution in [3.63, 3.8) is 0 Å². The third-order valence-electron chi connectivity index (χ3n) is 4.23. The highest BCUT2D eigenvalue weighted by atomic mass is 16.5. The molecule has 1 unspecified atom stereocenters. The molecule has 0 spiro atoms. The third-order valence-corrected chi connectivity index (χ3v) is 4.23. The van der Waals surface area contributed by atoms with Crippen molar-refractivity contribution in [1.29, 1.82) is 0 Å². The zero-order valence-electron chi connectivity index (χ0n) is 13.7. The lowest BCUT2D eigenvalue weighted by Gasteiger charge is -2.32. The number of hydrogen-bond donors (Lipinski definition) is 0. The van der Waals surface area contributed by atoms with Gasteiger partial charge in [-0.25, -0.2) is 4.98 Å². The van der Waals surface area contributed by atoms with E-state index in [2.05, 4.69) is 4.98 Å². The van der Waals surface area contributed by atoms with E-state index in [-0.39, 0.29) is 12.0 Å². The van der Waals surface area contributed by atoms with Gasteiger partial charge in [-0.05, 0) is 17.7 Å². The minimum Gasteiger partial charge on any atom is -0.437 e. The van der Waals surface area contributed by atoms with Crippen LogP contribution < -0.4 is 0 Å². The van der Waals surface area contributed by atoms with Crippen molar-refractivity contribution >= 4 is 23.1 Å². The Morgan fingerprint density at radius 2 is 1.92 bits per heavy atom. The van der Waals surface area contributed by atoms with Crippen LogP contribution in [-0.4, -0.2) is 35.5 Å². The summed E-state index contributed by atoms with van der Waals surface area (Å²) in [6.45, 7) is 1.66. The number of oxazole rings is 1. The molecule has 0 bridgehead atoms. The number of nitrogens with zero attached hydrogens (tertiary/aromatic N) is 2. The van der Waals surface area contributed by atoms with Crippen LogP contribution in [0.4, 0.5) is 0 Å². The smallest absolute Gasteiger partial charge is 0.246 e. The molecule has 0 N–H and O–H groups in total. The van der Waals surface area contributed by atoms with Crippen molar-refractivity contribution in [3.8, 4) is 0 Å². The van der Waals surface area contributed by atoms with Crippen LogP contribution in [0, 0.1) is 0 Å². The molecule has 3 aromatic rings. The first kappa shape index (κ1) is 15.6. The van der Waals surface area contributed by atoms with E-state index in [1.54, 1.807) is 11.0 Å². The Bertz CT molecular complexity index is 868. The highest BCUT2D eigenvalue weighted by Gasteiger charge is 2.24. The lowest BCUT2D eigenvalue weighted by Crippen LogP contribution is -2.41. The second-order valence-electron chi connectivity index (χ2n) is 5.91. The molecule has 5 heteroatoms. The van der Waals surface area contributed by atoms with Gasteiger partial charge in [-0.1, -0.05) is 42.5 Å². The monoisotopic (exact) mass is 334 g/mol. The molecule has 0 radical (unpaired) electrons. The van der Waals surface area contributed by atoms with E-state index < -0.39 is 0 Å². The number of fused-ring (bicyclic) bond motifs is 1. The van der Waals surface area contributed by atoms with Gasteiger partial charge in [-0.3, -0.25) is 4.79 Å². The van der Waals surface area contributed by atoms with Crippen LogP contribution in [0.15, 0.2) is 65.1 Å². The van der Waals surface area contributed by atoms with Crippen molar-refractivity contribution in [3.05, 3.63) is 72.1 Å². The normalized spacial score (nSPS) is 18.1. The van der Waals surface area contributed by atoms with Crippen LogP contribution in [0.5, 0.6) is 0 Å². The average Bonchev–Trinajstić information content (AvgIpc) is 3.10. The Morgan fingerprint density at radius 1 is 1.12 bits per heavy atom. The summed E-state index contributed by atoms with van der Waals surface area (Å²) in [5, 5.41) is 0. The Labute approximate surface area is 145 Å². The summed E-state index contributed by atoms with van der Waals surface area (Å²) in [6, 6.07) is 17.5. The maximum Gasteiger partial charge on any atom is 0.246 e. The van der Waals surface area contributed by atoms with E-state index >= 15 is 0 Å². The molecule has 0 saturated carbocycles. The van der Waals surface area contributed by atoms with Gasteiger partial charge in [0.1, 0.15) is 11.6 Å². The molecule has 5 nitrogen and oxygen atoms in total. The molecule has 0 aliphatic carbocycles. The molecule has 2 heterocycles. The highest BCUT2D eigenvalue weighted by molar-refractivity contribution is 5.91. The number of carbonyl (C=O) groups excluding carboxylic acids is 1. The van der Waals surface area contributed by atoms with Gasteiger partial charge in [0.25, 0.3) is 0 Å². The van der Waals surface area contributed by atoms with Crippen LogP contribution >= 0.6 is 0 Å². The predicted molar refractivity (Wildman–Crippen MR) is 94.8 cm³/mol. The molecule has 1 aliphatic rings. The first-order valence-electron chi connectivity index (χ1n) is 8.29. The van der Waals surface area contributed by atoms with Crippen molar-refractivity contribution < 1.29 is 13.9 Å². The van der Waals surface area contributed by atoms with E-state index in [9.17, 15) is 4.79 Å². The number of benzene rings is 2. The summed E-state index contributed by atoms with van der Waals surface area (Å²) in [6.07, 6.45) is 3.05. The molecule has 1 amide bonds. The van der Waals surface area contributed by atoms with Crippen LogP contribution in [-0.2, 0) is 9.53 Å². The molecular weight excluding hydrogens is 316 g/mol. The summed E-state index contributed by atoms with van der Waals surface area (Å²) in [5.74, 6) is 0.369. The lowest BCUT2D eigenvalue weighted by atomic mass is 10.1. The lowest BCUT2D eigenvalue weighted by molar-refractivity contribution is -0.133. The predicted octanol–water partition coefficient (Wildman–Crippen LogP) is 3.44. The van der Waals surface area contributed by atoms with E-state index in [1.807, 2.05) is 54.6 Å². The van der Waals surface area contributed by atoms with Crippen molar-refractivity contribution in [2.24, 2.45) is 0 Å². The number of ether oxygens (including phenoxy) is 1. The fraction of sp³-hybridized carbons (Fsp3) is 0.200. The maximum atomic E-state index is 12.5. The number of hydrogen-bond acceptors (Lipinski definition) is 4. The summed E-state index contributed by atoms with van der Waals surface area (Å²) in [5.41, 5.74) is 2.58. The number of amides is 1. The largest absolute Gasteiger partial charge is 0.437 e. The topological polar surface area (TPSA) is 55.6 Å². The van der Waals surface area contributed by atoms with Gasteiger partial charge in [0, 0.05) is 18.7 Å². The van der Waals surface area contributed by atoms with Gasteiger partial charge in [0.2, 0.25) is 11.8 Å². The quantitative estimate of drug-likeness (QED) is 0.689. The Morgan fingerprint density at radius 3 is 2.76 bits per heavy atom. The Balaban J connectivity index is 1.45. The van der Waals surface area contributed by atoms with Crippen molar-refractivity contribution in [2.45, 2.75) is 6.10 Å². The highest BCUT2D eigenvalue weighted by Crippen LogP contribution is 2.22.